The van der Waals surface area contributed by atoms with Gasteiger partial charge in [-0.05, 0) is 71.4 Å². The molecule has 3 heteroatoms. The fourth-order valence-electron chi connectivity index (χ4n) is 4.04. The van der Waals surface area contributed by atoms with Gasteiger partial charge in [0.25, 0.3) is 0 Å². The largest absolute Gasteiger partial charge is 0.459 e. The number of carbonyl (C=O) groups excluding carboxylic acids is 1. The molecule has 0 unspecified atom stereocenters. The van der Waals surface area contributed by atoms with E-state index in [2.05, 4.69) is 26.1 Å². The van der Waals surface area contributed by atoms with Crippen molar-refractivity contribution in [2.45, 2.75) is 77.7 Å². The van der Waals surface area contributed by atoms with Crippen molar-refractivity contribution in [2.24, 2.45) is 17.8 Å². The standard InChI is InChI=1S/C18H33NO2/c1-4-5-14-6-8-15(9-7-14)17(20)21-18(2,3)16-10-12-19-13-11-16/h14-16,19H,4-13H2,1-3H3. The van der Waals surface area contributed by atoms with Crippen LogP contribution < -0.4 is 5.32 Å². The molecule has 0 aromatic carbocycles. The molecule has 0 spiro atoms. The van der Waals surface area contributed by atoms with Crippen LogP contribution in [-0.2, 0) is 9.53 Å². The van der Waals surface area contributed by atoms with Gasteiger partial charge >= 0.3 is 5.97 Å². The summed E-state index contributed by atoms with van der Waals surface area (Å²) in [5, 5.41) is 3.38. The highest BCUT2D eigenvalue weighted by atomic mass is 16.6. The maximum Gasteiger partial charge on any atom is 0.309 e. The molecule has 0 radical (unpaired) electrons. The van der Waals surface area contributed by atoms with Crippen molar-refractivity contribution < 1.29 is 9.53 Å². The van der Waals surface area contributed by atoms with Crippen LogP contribution in [0.4, 0.5) is 0 Å². The number of hydrogen-bond acceptors (Lipinski definition) is 3. The fourth-order valence-corrected chi connectivity index (χ4v) is 4.04. The van der Waals surface area contributed by atoms with E-state index in [0.29, 0.717) is 5.92 Å². The molecule has 0 bridgehead atoms. The average Bonchev–Trinajstić information content (AvgIpc) is 2.49. The summed E-state index contributed by atoms with van der Waals surface area (Å²) in [6, 6.07) is 0. The predicted molar refractivity (Wildman–Crippen MR) is 86.1 cm³/mol. The number of esters is 1. The van der Waals surface area contributed by atoms with E-state index in [1.165, 1.54) is 25.7 Å². The summed E-state index contributed by atoms with van der Waals surface area (Å²) in [5.41, 5.74) is -0.306. The predicted octanol–water partition coefficient (Wildman–Crippen LogP) is 3.91. The average molecular weight is 295 g/mol. The Balaban J connectivity index is 1.80. The molecule has 1 saturated heterocycles. The summed E-state index contributed by atoms with van der Waals surface area (Å²) in [4.78, 5) is 12.5. The monoisotopic (exact) mass is 295 g/mol. The number of hydrogen-bond donors (Lipinski definition) is 1. The van der Waals surface area contributed by atoms with Gasteiger partial charge in [-0.25, -0.2) is 0 Å². The van der Waals surface area contributed by atoms with Crippen LogP contribution in [0.1, 0.15) is 72.1 Å². The third-order valence-electron chi connectivity index (χ3n) is 5.56. The molecule has 0 atom stereocenters. The second-order valence-electron chi connectivity index (χ2n) is 7.56. The Morgan fingerprint density at radius 1 is 1.10 bits per heavy atom. The van der Waals surface area contributed by atoms with Crippen molar-refractivity contribution in [3.8, 4) is 0 Å². The van der Waals surface area contributed by atoms with Gasteiger partial charge in [-0.2, -0.15) is 0 Å². The SMILES string of the molecule is CCCC1CCC(C(=O)OC(C)(C)C2CCNCC2)CC1. The zero-order valence-corrected chi connectivity index (χ0v) is 14.1. The van der Waals surface area contributed by atoms with E-state index in [0.717, 1.165) is 44.7 Å². The van der Waals surface area contributed by atoms with Gasteiger partial charge in [0.1, 0.15) is 5.60 Å². The van der Waals surface area contributed by atoms with Crippen molar-refractivity contribution in [1.29, 1.82) is 0 Å². The van der Waals surface area contributed by atoms with Crippen LogP contribution >= 0.6 is 0 Å². The number of nitrogens with one attached hydrogen (secondary N) is 1. The fraction of sp³-hybridized carbons (Fsp3) is 0.944. The van der Waals surface area contributed by atoms with Crippen molar-refractivity contribution in [2.75, 3.05) is 13.1 Å². The number of piperidine rings is 1. The van der Waals surface area contributed by atoms with Gasteiger partial charge in [0.15, 0.2) is 0 Å². The summed E-state index contributed by atoms with van der Waals surface area (Å²) in [6.45, 7) is 8.55. The molecule has 2 aliphatic rings. The Morgan fingerprint density at radius 3 is 2.29 bits per heavy atom. The third kappa shape index (κ3) is 4.70. The lowest BCUT2D eigenvalue weighted by Crippen LogP contribution is -2.44. The Hall–Kier alpha value is -0.570. The van der Waals surface area contributed by atoms with E-state index in [4.69, 9.17) is 4.74 Å². The number of ether oxygens (including phenoxy) is 1. The van der Waals surface area contributed by atoms with Gasteiger partial charge in [0, 0.05) is 5.92 Å². The van der Waals surface area contributed by atoms with Crippen LogP contribution in [0.3, 0.4) is 0 Å². The minimum atomic E-state index is -0.306. The van der Waals surface area contributed by atoms with Crippen LogP contribution in [0.5, 0.6) is 0 Å². The third-order valence-corrected chi connectivity index (χ3v) is 5.56. The van der Waals surface area contributed by atoms with E-state index in [1.807, 2.05) is 0 Å². The van der Waals surface area contributed by atoms with E-state index < -0.39 is 0 Å². The first-order valence-corrected chi connectivity index (χ1v) is 8.96. The smallest absolute Gasteiger partial charge is 0.309 e. The Labute approximate surface area is 130 Å². The molecule has 3 nitrogen and oxygen atoms in total. The highest BCUT2D eigenvalue weighted by molar-refractivity contribution is 5.73. The molecule has 0 aromatic heterocycles. The highest BCUT2D eigenvalue weighted by Crippen LogP contribution is 2.35. The van der Waals surface area contributed by atoms with E-state index in [1.54, 1.807) is 0 Å². The first-order chi connectivity index (χ1) is 10.0. The van der Waals surface area contributed by atoms with E-state index >= 15 is 0 Å². The molecule has 2 rings (SSSR count). The van der Waals surface area contributed by atoms with Crippen LogP contribution in [-0.4, -0.2) is 24.7 Å². The molecule has 1 aliphatic heterocycles. The van der Waals surface area contributed by atoms with Gasteiger partial charge in [-0.3, -0.25) is 4.79 Å². The number of rotatable bonds is 5. The zero-order chi connectivity index (χ0) is 15.3. The molecule has 1 saturated carbocycles. The molecule has 122 valence electrons. The van der Waals surface area contributed by atoms with Gasteiger partial charge in [0.05, 0.1) is 5.92 Å². The minimum Gasteiger partial charge on any atom is -0.459 e. The van der Waals surface area contributed by atoms with Crippen molar-refractivity contribution >= 4 is 5.97 Å². The van der Waals surface area contributed by atoms with Gasteiger partial charge in [-0.15, -0.1) is 0 Å². The quantitative estimate of drug-likeness (QED) is 0.781. The minimum absolute atomic E-state index is 0.0634. The molecule has 2 fully saturated rings. The first-order valence-electron chi connectivity index (χ1n) is 8.96. The molecular weight excluding hydrogens is 262 g/mol. The Bertz CT molecular complexity index is 326. The first kappa shape index (κ1) is 16.8. The van der Waals surface area contributed by atoms with E-state index in [-0.39, 0.29) is 17.5 Å². The molecule has 1 N–H and O–H groups in total. The molecular formula is C18H33NO2. The van der Waals surface area contributed by atoms with E-state index in [9.17, 15) is 4.79 Å². The van der Waals surface area contributed by atoms with Crippen molar-refractivity contribution in [1.82, 2.24) is 5.32 Å². The lowest BCUT2D eigenvalue weighted by atomic mass is 9.79. The summed E-state index contributed by atoms with van der Waals surface area (Å²) >= 11 is 0. The molecule has 1 heterocycles. The Morgan fingerprint density at radius 2 is 1.71 bits per heavy atom. The lowest BCUT2D eigenvalue weighted by molar-refractivity contribution is -0.169. The maximum absolute atomic E-state index is 12.5. The lowest BCUT2D eigenvalue weighted by Gasteiger charge is -2.38. The summed E-state index contributed by atoms with van der Waals surface area (Å²) in [5.74, 6) is 1.56. The molecule has 1 aliphatic carbocycles. The highest BCUT2D eigenvalue weighted by Gasteiger charge is 2.36. The summed E-state index contributed by atoms with van der Waals surface area (Å²) in [7, 11) is 0. The zero-order valence-electron chi connectivity index (χ0n) is 14.1. The second kappa shape index (κ2) is 7.62. The van der Waals surface area contributed by atoms with Crippen LogP contribution in [0.15, 0.2) is 0 Å². The summed E-state index contributed by atoms with van der Waals surface area (Å²) < 4.78 is 5.95. The van der Waals surface area contributed by atoms with Gasteiger partial charge in [-0.1, -0.05) is 19.8 Å². The number of carbonyl (C=O) groups is 1. The van der Waals surface area contributed by atoms with Gasteiger partial charge in [0.2, 0.25) is 0 Å². The second-order valence-corrected chi connectivity index (χ2v) is 7.56. The maximum atomic E-state index is 12.5. The van der Waals surface area contributed by atoms with Crippen LogP contribution in [0, 0.1) is 17.8 Å². The van der Waals surface area contributed by atoms with Crippen molar-refractivity contribution in [3.63, 3.8) is 0 Å². The van der Waals surface area contributed by atoms with Crippen LogP contribution in [0.25, 0.3) is 0 Å². The molecule has 21 heavy (non-hydrogen) atoms. The summed E-state index contributed by atoms with van der Waals surface area (Å²) in [6.07, 6.45) is 9.30. The topological polar surface area (TPSA) is 38.3 Å². The Kier molecular flexibility index (Phi) is 6.09. The molecule has 0 amide bonds. The van der Waals surface area contributed by atoms with Crippen LogP contribution in [0.2, 0.25) is 0 Å². The normalized spacial score (nSPS) is 28.3. The van der Waals surface area contributed by atoms with Crippen molar-refractivity contribution in [3.05, 3.63) is 0 Å². The van der Waals surface area contributed by atoms with Gasteiger partial charge < -0.3 is 10.1 Å². The molecule has 0 aromatic rings.